The molecule has 8 heteroatoms. The molecule has 0 aromatic rings. The molecule has 0 saturated heterocycles. The quantitative estimate of drug-likeness (QED) is 0.328. The Labute approximate surface area is 73.1 Å². The van der Waals surface area contributed by atoms with E-state index in [0.29, 0.717) is 0 Å². The first-order valence-corrected chi connectivity index (χ1v) is 3.10. The molecule has 0 aliphatic carbocycles. The fourth-order valence-electron chi connectivity index (χ4n) is 0.0498. The van der Waals surface area contributed by atoms with Gasteiger partial charge in [0.05, 0.1) is 0 Å². The third-order valence-corrected chi connectivity index (χ3v) is 1.05. The second-order valence-corrected chi connectivity index (χ2v) is 1.92. The molecule has 44 valence electrons. The second-order valence-electron chi connectivity index (χ2n) is 0.502. The Kier molecular flexibility index (Phi) is 9.39. The van der Waals surface area contributed by atoms with Gasteiger partial charge in [0.1, 0.15) is 0 Å². The summed E-state index contributed by atoms with van der Waals surface area (Å²) in [5.41, 5.74) is 0. The van der Waals surface area contributed by atoms with Gasteiger partial charge in [-0.2, -0.15) is 8.42 Å². The largest absolute Gasteiger partial charge is 1.00 e. The van der Waals surface area contributed by atoms with Gasteiger partial charge in [0, 0.05) is 0 Å². The maximum absolute atomic E-state index is 9.35. The molecule has 8 heavy (non-hydrogen) atoms. The average molecular weight is 169 g/mol. The van der Waals surface area contributed by atoms with Gasteiger partial charge in [-0.3, -0.25) is 9.11 Å². The average Bonchev–Trinajstić information content (AvgIpc) is 1.27. The molecule has 0 atom stereocenters. The minimum Gasteiger partial charge on any atom is -0.283 e. The normalized spacial score (nSPS) is 16.2. The Morgan fingerprint density at radius 3 is 1.38 bits per heavy atom. The van der Waals surface area contributed by atoms with Crippen molar-refractivity contribution in [3.63, 3.8) is 0 Å². The predicted octanol–water partition coefficient (Wildman–Crippen LogP) is -3.72. The van der Waals surface area contributed by atoms with Gasteiger partial charge in [-0.15, -0.1) is 3.63 Å². The number of hydrogen-bond acceptors (Lipinski definition) is 3. The maximum atomic E-state index is 9.35. The Morgan fingerprint density at radius 2 is 1.38 bits per heavy atom. The predicted molar refractivity (Wildman–Crippen MR) is 22.6 cm³/mol. The Morgan fingerprint density at radius 1 is 1.12 bits per heavy atom. The first kappa shape index (κ1) is 11.9. The Hall–Kier alpha value is 1.18. The Balaban J connectivity index is 0. The van der Waals surface area contributed by atoms with Crippen molar-refractivity contribution in [3.05, 3.63) is 0 Å². The number of rotatable bonds is 2. The van der Waals surface area contributed by atoms with E-state index in [-0.39, 0.29) is 29.6 Å². The van der Waals surface area contributed by atoms with Crippen LogP contribution in [-0.4, -0.2) is 17.5 Å². The molecule has 0 aliphatic heterocycles. The van der Waals surface area contributed by atoms with E-state index in [0.717, 1.165) is 0 Å². The molecule has 0 radical (unpaired) electrons. The van der Waals surface area contributed by atoms with Crippen molar-refractivity contribution in [2.75, 3.05) is 0 Å². The summed E-state index contributed by atoms with van der Waals surface area (Å²) in [4.78, 5) is 0. The van der Waals surface area contributed by atoms with E-state index in [1.807, 2.05) is 0 Å². The SMILES string of the molecule is O=S(O)OS(=O)O.[Na+]. The van der Waals surface area contributed by atoms with Crippen LogP contribution in [0.1, 0.15) is 0 Å². The van der Waals surface area contributed by atoms with Crippen LogP contribution in [0.15, 0.2) is 0 Å². The van der Waals surface area contributed by atoms with Crippen molar-refractivity contribution in [1.29, 1.82) is 0 Å². The molecule has 0 saturated carbocycles. The summed E-state index contributed by atoms with van der Waals surface area (Å²) in [5, 5.41) is 0. The molecule has 0 aliphatic rings. The van der Waals surface area contributed by atoms with Crippen LogP contribution in [0.5, 0.6) is 0 Å². The van der Waals surface area contributed by atoms with E-state index in [1.54, 1.807) is 0 Å². The second kappa shape index (κ2) is 6.30. The van der Waals surface area contributed by atoms with Crippen LogP contribution in [0.25, 0.3) is 0 Å². The van der Waals surface area contributed by atoms with E-state index in [1.165, 1.54) is 0 Å². The molecule has 2 N–H and O–H groups in total. The van der Waals surface area contributed by atoms with Gasteiger partial charge in [0.25, 0.3) is 0 Å². The third-order valence-electron chi connectivity index (χ3n) is 0.116. The molecule has 0 heterocycles. The molecule has 0 spiro atoms. The maximum Gasteiger partial charge on any atom is 1.00 e. The summed E-state index contributed by atoms with van der Waals surface area (Å²) in [6.07, 6.45) is 0. The van der Waals surface area contributed by atoms with Crippen molar-refractivity contribution in [2.24, 2.45) is 0 Å². The van der Waals surface area contributed by atoms with Gasteiger partial charge in [-0.25, -0.2) is 0 Å². The summed E-state index contributed by atoms with van der Waals surface area (Å²) in [7, 11) is 0. The van der Waals surface area contributed by atoms with Crippen LogP contribution >= 0.6 is 0 Å². The summed E-state index contributed by atoms with van der Waals surface area (Å²) in [6, 6.07) is 0. The van der Waals surface area contributed by atoms with E-state index >= 15 is 0 Å². The first-order valence-electron chi connectivity index (χ1n) is 1.03. The van der Waals surface area contributed by atoms with Gasteiger partial charge in [-0.1, -0.05) is 0 Å². The van der Waals surface area contributed by atoms with Gasteiger partial charge >= 0.3 is 52.3 Å². The molecule has 0 amide bonds. The minimum atomic E-state index is -2.65. The van der Waals surface area contributed by atoms with E-state index < -0.39 is 22.7 Å². The monoisotopic (exact) mass is 169 g/mol. The molecule has 0 unspecified atom stereocenters. The van der Waals surface area contributed by atoms with Crippen molar-refractivity contribution in [2.45, 2.75) is 0 Å². The van der Waals surface area contributed by atoms with Crippen molar-refractivity contribution < 1.29 is 50.7 Å². The van der Waals surface area contributed by atoms with E-state index in [2.05, 4.69) is 3.63 Å². The molecule has 0 fully saturated rings. The van der Waals surface area contributed by atoms with Crippen LogP contribution in [0.3, 0.4) is 0 Å². The fraction of sp³-hybridized carbons (Fsp3) is 0. The van der Waals surface area contributed by atoms with Crippen LogP contribution in [0.2, 0.25) is 0 Å². The topological polar surface area (TPSA) is 83.8 Å². The molecule has 0 bridgehead atoms. The fourth-order valence-corrected chi connectivity index (χ4v) is 0.448. The Bertz CT molecular complexity index is 86.6. The smallest absolute Gasteiger partial charge is 0.283 e. The minimum absolute atomic E-state index is 0. The van der Waals surface area contributed by atoms with Gasteiger partial charge in [-0.05, 0) is 0 Å². The number of hydrogen-bond donors (Lipinski definition) is 2. The first-order chi connectivity index (χ1) is 3.13. The van der Waals surface area contributed by atoms with Crippen molar-refractivity contribution >= 4 is 22.7 Å². The van der Waals surface area contributed by atoms with E-state index in [9.17, 15) is 8.42 Å². The molecule has 0 aromatic heterocycles. The molecular formula is H2NaO5S2+. The third kappa shape index (κ3) is 10.2. The van der Waals surface area contributed by atoms with Crippen molar-refractivity contribution in [1.82, 2.24) is 0 Å². The summed E-state index contributed by atoms with van der Waals surface area (Å²) >= 11 is -5.29. The summed E-state index contributed by atoms with van der Waals surface area (Å²) in [6.45, 7) is 0. The molecule has 0 rings (SSSR count). The van der Waals surface area contributed by atoms with Crippen LogP contribution in [0, 0.1) is 0 Å². The summed E-state index contributed by atoms with van der Waals surface area (Å²) in [5.74, 6) is 0. The zero-order valence-corrected chi connectivity index (χ0v) is 7.57. The van der Waals surface area contributed by atoms with Crippen molar-refractivity contribution in [3.8, 4) is 0 Å². The van der Waals surface area contributed by atoms with Gasteiger partial charge < -0.3 is 0 Å². The zero-order valence-electron chi connectivity index (χ0n) is 3.94. The van der Waals surface area contributed by atoms with E-state index in [4.69, 9.17) is 9.11 Å². The van der Waals surface area contributed by atoms with Crippen LogP contribution in [0.4, 0.5) is 0 Å². The molecule has 0 aromatic carbocycles. The van der Waals surface area contributed by atoms with Gasteiger partial charge in [0.15, 0.2) is 0 Å². The zero-order chi connectivity index (χ0) is 5.86. The molecular weight excluding hydrogens is 167 g/mol. The molecule has 5 nitrogen and oxygen atoms in total. The van der Waals surface area contributed by atoms with Crippen LogP contribution in [-0.2, 0) is 26.4 Å². The van der Waals surface area contributed by atoms with Crippen LogP contribution < -0.4 is 29.6 Å². The van der Waals surface area contributed by atoms with Gasteiger partial charge in [0.2, 0.25) is 0 Å². The standard InChI is InChI=1S/Na.H2O5S2/c;1-6(2)5-7(3)4/h;(H,1,2)(H,3,4)/q+1;. The summed E-state index contributed by atoms with van der Waals surface area (Å²) < 4.78 is 37.2.